The Morgan fingerprint density at radius 3 is 2.07 bits per heavy atom. The van der Waals surface area contributed by atoms with Crippen molar-refractivity contribution < 1.29 is 23.2 Å². The number of aryl methyl sites for hydroxylation is 3. The number of hydrogen-bond acceptors (Lipinski definition) is 5. The summed E-state index contributed by atoms with van der Waals surface area (Å²) in [5.74, 6) is -1.29. The van der Waals surface area contributed by atoms with Crippen molar-refractivity contribution in [3.8, 4) is 0 Å². The van der Waals surface area contributed by atoms with Gasteiger partial charge in [-0.05, 0) is 37.5 Å². The molecule has 0 fully saturated rings. The number of rotatable bonds is 7. The fourth-order valence-electron chi connectivity index (χ4n) is 3.01. The number of carbonyl (C=O) groups is 1. The van der Waals surface area contributed by atoms with E-state index in [9.17, 15) is 28.4 Å². The van der Waals surface area contributed by atoms with E-state index in [1.54, 1.807) is 26.0 Å². The molecule has 0 amide bonds. The molecule has 9 heteroatoms. The minimum atomic E-state index is -4.08. The van der Waals surface area contributed by atoms with Gasteiger partial charge in [0.1, 0.15) is 6.54 Å². The molecule has 0 aliphatic rings. The maximum absolute atomic E-state index is 13.2. The van der Waals surface area contributed by atoms with Crippen LogP contribution in [0, 0.1) is 30.9 Å². The summed E-state index contributed by atoms with van der Waals surface area (Å²) >= 11 is 0. The molecule has 2 aromatic carbocycles. The van der Waals surface area contributed by atoms with Gasteiger partial charge in [-0.2, -0.15) is 4.31 Å². The number of nitro benzene ring substituents is 1. The summed E-state index contributed by atoms with van der Waals surface area (Å²) in [6.45, 7) is 4.25. The first-order valence-corrected chi connectivity index (χ1v) is 9.49. The molecule has 0 saturated carbocycles. The third kappa shape index (κ3) is 4.69. The zero-order chi connectivity index (χ0) is 20.4. The van der Waals surface area contributed by atoms with Gasteiger partial charge >= 0.3 is 5.97 Å². The number of sulfonamides is 1. The number of carboxylic acids is 1. The van der Waals surface area contributed by atoms with Crippen LogP contribution in [0.3, 0.4) is 0 Å². The topological polar surface area (TPSA) is 118 Å². The van der Waals surface area contributed by atoms with Crippen LogP contribution in [0.2, 0.25) is 0 Å². The number of nitrogens with zero attached hydrogens (tertiary/aromatic N) is 2. The predicted molar refractivity (Wildman–Crippen MR) is 99.0 cm³/mol. The summed E-state index contributed by atoms with van der Waals surface area (Å²) in [6.07, 6.45) is 0. The lowest BCUT2D eigenvalue weighted by Crippen LogP contribution is -2.36. The second-order valence-corrected chi connectivity index (χ2v) is 8.19. The Bertz CT molecular complexity index is 960. The summed E-state index contributed by atoms with van der Waals surface area (Å²) in [4.78, 5) is 21.5. The summed E-state index contributed by atoms with van der Waals surface area (Å²) in [5.41, 5.74) is 2.30. The minimum Gasteiger partial charge on any atom is -0.480 e. The van der Waals surface area contributed by atoms with Gasteiger partial charge in [0, 0.05) is 18.7 Å². The third-order valence-electron chi connectivity index (χ3n) is 4.02. The van der Waals surface area contributed by atoms with Crippen LogP contribution in [-0.2, 0) is 21.4 Å². The fraction of sp³-hybridized carbons (Fsp3) is 0.278. The molecule has 2 aromatic rings. The Kier molecular flexibility index (Phi) is 5.97. The highest BCUT2D eigenvalue weighted by atomic mass is 32.2. The van der Waals surface area contributed by atoms with Crippen molar-refractivity contribution in [3.05, 3.63) is 68.8 Å². The van der Waals surface area contributed by atoms with E-state index in [1.165, 1.54) is 24.3 Å². The fourth-order valence-corrected chi connectivity index (χ4v) is 4.80. The molecule has 0 unspecified atom stereocenters. The van der Waals surface area contributed by atoms with Crippen LogP contribution in [0.4, 0.5) is 5.69 Å². The van der Waals surface area contributed by atoms with Gasteiger partial charge in [0.05, 0.1) is 9.82 Å². The van der Waals surface area contributed by atoms with Crippen molar-refractivity contribution in [2.75, 3.05) is 6.54 Å². The number of hydrogen-bond donors (Lipinski definition) is 1. The average molecular weight is 392 g/mol. The SMILES string of the molecule is Cc1cc(C)c(S(=O)(=O)N(CC(=O)O)Cc2ccc([N+](=O)[O-])cc2)c(C)c1. The van der Waals surface area contributed by atoms with E-state index >= 15 is 0 Å². The molecule has 0 aromatic heterocycles. The molecule has 8 nitrogen and oxygen atoms in total. The Morgan fingerprint density at radius 2 is 1.63 bits per heavy atom. The number of carboxylic acid groups (broad SMARTS) is 1. The molecule has 0 aliphatic carbocycles. The van der Waals surface area contributed by atoms with Crippen molar-refractivity contribution in [2.24, 2.45) is 0 Å². The van der Waals surface area contributed by atoms with Gasteiger partial charge in [-0.15, -0.1) is 0 Å². The molecular formula is C18H20N2O6S. The van der Waals surface area contributed by atoms with Gasteiger partial charge in [-0.25, -0.2) is 8.42 Å². The molecule has 0 spiro atoms. The first kappa shape index (κ1) is 20.5. The van der Waals surface area contributed by atoms with Crippen LogP contribution < -0.4 is 0 Å². The van der Waals surface area contributed by atoms with Crippen molar-refractivity contribution in [3.63, 3.8) is 0 Å². The van der Waals surface area contributed by atoms with Crippen molar-refractivity contribution >= 4 is 21.7 Å². The minimum absolute atomic E-state index is 0.0799. The van der Waals surface area contributed by atoms with Gasteiger partial charge in [-0.1, -0.05) is 29.8 Å². The van der Waals surface area contributed by atoms with E-state index in [2.05, 4.69) is 0 Å². The largest absolute Gasteiger partial charge is 0.480 e. The number of aliphatic carboxylic acids is 1. The van der Waals surface area contributed by atoms with E-state index in [1.807, 2.05) is 6.92 Å². The number of non-ortho nitro benzene ring substituents is 1. The lowest BCUT2D eigenvalue weighted by molar-refractivity contribution is -0.384. The van der Waals surface area contributed by atoms with Crippen LogP contribution in [0.15, 0.2) is 41.3 Å². The smallest absolute Gasteiger partial charge is 0.318 e. The zero-order valence-corrected chi connectivity index (χ0v) is 16.0. The van der Waals surface area contributed by atoms with Gasteiger partial charge in [0.15, 0.2) is 0 Å². The van der Waals surface area contributed by atoms with Gasteiger partial charge in [0.25, 0.3) is 5.69 Å². The first-order valence-electron chi connectivity index (χ1n) is 8.05. The quantitative estimate of drug-likeness (QED) is 0.572. The molecule has 0 bridgehead atoms. The van der Waals surface area contributed by atoms with Crippen molar-refractivity contribution in [1.82, 2.24) is 4.31 Å². The molecule has 2 rings (SSSR count). The van der Waals surface area contributed by atoms with E-state index in [0.29, 0.717) is 16.7 Å². The Balaban J connectivity index is 2.46. The number of benzene rings is 2. The average Bonchev–Trinajstić information content (AvgIpc) is 2.53. The molecule has 144 valence electrons. The third-order valence-corrected chi connectivity index (χ3v) is 6.12. The maximum atomic E-state index is 13.2. The predicted octanol–water partition coefficient (Wildman–Crippen LogP) is 2.80. The van der Waals surface area contributed by atoms with Gasteiger partial charge in [0.2, 0.25) is 10.0 Å². The van der Waals surface area contributed by atoms with Gasteiger partial charge < -0.3 is 5.11 Å². The maximum Gasteiger partial charge on any atom is 0.318 e. The van der Waals surface area contributed by atoms with E-state index in [0.717, 1.165) is 9.87 Å². The number of nitro groups is 1. The Morgan fingerprint density at radius 1 is 1.11 bits per heavy atom. The molecule has 1 N–H and O–H groups in total. The highest BCUT2D eigenvalue weighted by Gasteiger charge is 2.30. The van der Waals surface area contributed by atoms with E-state index in [4.69, 9.17) is 0 Å². The monoisotopic (exact) mass is 392 g/mol. The van der Waals surface area contributed by atoms with Crippen LogP contribution >= 0.6 is 0 Å². The molecule has 0 aliphatic heterocycles. The highest BCUT2D eigenvalue weighted by molar-refractivity contribution is 7.89. The van der Waals surface area contributed by atoms with Crippen LogP contribution in [0.25, 0.3) is 0 Å². The van der Waals surface area contributed by atoms with Crippen LogP contribution in [-0.4, -0.2) is 35.3 Å². The van der Waals surface area contributed by atoms with Crippen LogP contribution in [0.1, 0.15) is 22.3 Å². The highest BCUT2D eigenvalue weighted by Crippen LogP contribution is 2.26. The summed E-state index contributed by atoms with van der Waals surface area (Å²) in [7, 11) is -4.08. The van der Waals surface area contributed by atoms with E-state index in [-0.39, 0.29) is 17.1 Å². The van der Waals surface area contributed by atoms with Gasteiger partial charge in [-0.3, -0.25) is 14.9 Å². The lowest BCUT2D eigenvalue weighted by atomic mass is 10.1. The Labute approximate surface area is 157 Å². The normalized spacial score (nSPS) is 11.6. The molecule has 27 heavy (non-hydrogen) atoms. The molecule has 0 heterocycles. The molecule has 0 atom stereocenters. The van der Waals surface area contributed by atoms with Crippen LogP contribution in [0.5, 0.6) is 0 Å². The summed E-state index contributed by atoms with van der Waals surface area (Å²) < 4.78 is 27.2. The molecule has 0 saturated heterocycles. The Hall–Kier alpha value is -2.78. The van der Waals surface area contributed by atoms with Crippen molar-refractivity contribution in [2.45, 2.75) is 32.2 Å². The lowest BCUT2D eigenvalue weighted by Gasteiger charge is -2.23. The first-order chi connectivity index (χ1) is 12.5. The van der Waals surface area contributed by atoms with Crippen molar-refractivity contribution in [1.29, 1.82) is 0 Å². The second-order valence-electron chi connectivity index (χ2n) is 6.32. The molecular weight excluding hydrogens is 372 g/mol. The molecule has 0 radical (unpaired) electrons. The summed E-state index contributed by atoms with van der Waals surface area (Å²) in [5, 5.41) is 19.9. The zero-order valence-electron chi connectivity index (χ0n) is 15.2. The second kappa shape index (κ2) is 7.85. The van der Waals surface area contributed by atoms with E-state index < -0.39 is 27.5 Å². The summed E-state index contributed by atoms with van der Waals surface area (Å²) in [6, 6.07) is 8.79. The standard InChI is InChI=1S/C18H20N2O6S/c1-12-8-13(2)18(14(3)9-12)27(25,26)19(11-17(21)22)10-15-4-6-16(7-5-15)20(23)24/h4-9H,10-11H2,1-3H3,(H,21,22).